The van der Waals surface area contributed by atoms with Crippen molar-refractivity contribution in [2.75, 3.05) is 27.3 Å². The second-order valence-electron chi connectivity index (χ2n) is 7.70. The first-order valence-electron chi connectivity index (χ1n) is 10.4. The number of carbonyl (C=O) groups excluding carboxylic acids is 1. The molecule has 0 spiro atoms. The molecule has 0 bridgehead atoms. The molecule has 3 heterocycles. The third kappa shape index (κ3) is 4.44. The van der Waals surface area contributed by atoms with Crippen molar-refractivity contribution in [3.8, 4) is 22.8 Å². The number of amides is 1. The smallest absolute Gasteiger partial charge is 0.433 e. The maximum Gasteiger partial charge on any atom is 0.433 e. The van der Waals surface area contributed by atoms with Crippen LogP contribution in [0.25, 0.3) is 16.9 Å². The molecule has 7 nitrogen and oxygen atoms in total. The van der Waals surface area contributed by atoms with Crippen LogP contribution in [0.3, 0.4) is 0 Å². The van der Waals surface area contributed by atoms with Gasteiger partial charge in [-0.3, -0.25) is 4.79 Å². The summed E-state index contributed by atoms with van der Waals surface area (Å²) in [7, 11) is 2.88. The van der Waals surface area contributed by atoms with Crippen LogP contribution in [0.15, 0.2) is 24.3 Å². The van der Waals surface area contributed by atoms with Gasteiger partial charge in [-0.2, -0.15) is 18.3 Å². The van der Waals surface area contributed by atoms with Gasteiger partial charge in [0.05, 0.1) is 19.9 Å². The van der Waals surface area contributed by atoms with Gasteiger partial charge in [0.25, 0.3) is 5.91 Å². The first kappa shape index (κ1) is 23.2. The maximum atomic E-state index is 14.0. The molecule has 1 aromatic carbocycles. The predicted octanol–water partition coefficient (Wildman–Crippen LogP) is 5.10. The number of hydrogen-bond donors (Lipinski definition) is 0. The first-order chi connectivity index (χ1) is 15.7. The number of methoxy groups -OCH3 is 2. The fourth-order valence-corrected chi connectivity index (χ4v) is 4.14. The van der Waals surface area contributed by atoms with Gasteiger partial charge in [0.1, 0.15) is 5.02 Å². The molecule has 2 aromatic heterocycles. The van der Waals surface area contributed by atoms with E-state index in [0.717, 1.165) is 31.7 Å². The van der Waals surface area contributed by atoms with Crippen LogP contribution in [-0.2, 0) is 6.18 Å². The van der Waals surface area contributed by atoms with Crippen LogP contribution in [0, 0.1) is 0 Å². The number of halogens is 4. The van der Waals surface area contributed by atoms with Crippen LogP contribution in [0.5, 0.6) is 11.5 Å². The van der Waals surface area contributed by atoms with Crippen molar-refractivity contribution in [3.05, 3.63) is 40.7 Å². The Morgan fingerprint density at radius 2 is 1.70 bits per heavy atom. The largest absolute Gasteiger partial charge is 0.493 e. The molecule has 3 aromatic rings. The molecule has 176 valence electrons. The average molecular weight is 483 g/mol. The molecule has 1 aliphatic heterocycles. The second kappa shape index (κ2) is 9.09. The SMILES string of the molecule is COc1ccc(-c2cc(C(F)(F)F)n3nc(C(=O)N4CCCCCC4)c(Cl)c3n2)cc1OC. The predicted molar refractivity (Wildman–Crippen MR) is 116 cm³/mol. The molecule has 11 heteroatoms. The van der Waals surface area contributed by atoms with E-state index < -0.39 is 17.8 Å². The molecule has 33 heavy (non-hydrogen) atoms. The van der Waals surface area contributed by atoms with Crippen LogP contribution < -0.4 is 9.47 Å². The number of carbonyl (C=O) groups is 1. The number of alkyl halides is 3. The van der Waals surface area contributed by atoms with E-state index in [1.807, 2.05) is 0 Å². The van der Waals surface area contributed by atoms with Crippen molar-refractivity contribution < 1.29 is 27.4 Å². The van der Waals surface area contributed by atoms with Gasteiger partial charge in [0.2, 0.25) is 0 Å². The number of benzene rings is 1. The molecule has 1 aliphatic rings. The van der Waals surface area contributed by atoms with E-state index in [1.165, 1.54) is 20.3 Å². The van der Waals surface area contributed by atoms with Crippen molar-refractivity contribution >= 4 is 23.2 Å². The monoisotopic (exact) mass is 482 g/mol. The lowest BCUT2D eigenvalue weighted by molar-refractivity contribution is -0.142. The molecule has 1 fully saturated rings. The van der Waals surface area contributed by atoms with Crippen molar-refractivity contribution in [3.63, 3.8) is 0 Å². The van der Waals surface area contributed by atoms with E-state index in [9.17, 15) is 18.0 Å². The fraction of sp³-hybridized carbons (Fsp3) is 0.409. The van der Waals surface area contributed by atoms with E-state index in [1.54, 1.807) is 17.0 Å². The Morgan fingerprint density at radius 3 is 2.30 bits per heavy atom. The highest BCUT2D eigenvalue weighted by molar-refractivity contribution is 6.36. The number of aromatic nitrogens is 3. The fourth-order valence-electron chi connectivity index (χ4n) is 3.90. The Kier molecular flexibility index (Phi) is 6.38. The summed E-state index contributed by atoms with van der Waals surface area (Å²) in [6, 6.07) is 5.52. The van der Waals surface area contributed by atoms with Gasteiger partial charge in [-0.25, -0.2) is 9.50 Å². The Hall–Kier alpha value is -3.01. The quantitative estimate of drug-likeness (QED) is 0.517. The number of ether oxygens (including phenoxy) is 2. The highest BCUT2D eigenvalue weighted by Crippen LogP contribution is 2.37. The number of rotatable bonds is 4. The third-order valence-corrected chi connectivity index (χ3v) is 5.95. The van der Waals surface area contributed by atoms with Gasteiger partial charge in [-0.15, -0.1) is 0 Å². The van der Waals surface area contributed by atoms with Crippen LogP contribution in [0.1, 0.15) is 41.9 Å². The minimum absolute atomic E-state index is 0.00588. The van der Waals surface area contributed by atoms with E-state index in [4.69, 9.17) is 21.1 Å². The molecular formula is C22H22ClF3N4O3. The summed E-state index contributed by atoms with van der Waals surface area (Å²) in [6.07, 6.45) is -1.11. The lowest BCUT2D eigenvalue weighted by Crippen LogP contribution is -2.32. The molecule has 0 atom stereocenters. The molecule has 4 rings (SSSR count). The lowest BCUT2D eigenvalue weighted by atomic mass is 10.1. The topological polar surface area (TPSA) is 69.0 Å². The van der Waals surface area contributed by atoms with E-state index in [-0.39, 0.29) is 22.1 Å². The van der Waals surface area contributed by atoms with Crippen LogP contribution in [0.2, 0.25) is 5.02 Å². The summed E-state index contributed by atoms with van der Waals surface area (Å²) in [5.74, 6) is 0.265. The Balaban J connectivity index is 1.86. The molecule has 0 unspecified atom stereocenters. The van der Waals surface area contributed by atoms with E-state index >= 15 is 0 Å². The van der Waals surface area contributed by atoms with Gasteiger partial charge >= 0.3 is 6.18 Å². The minimum Gasteiger partial charge on any atom is -0.493 e. The molecule has 1 amide bonds. The maximum absolute atomic E-state index is 14.0. The van der Waals surface area contributed by atoms with Crippen molar-refractivity contribution in [1.82, 2.24) is 19.5 Å². The molecule has 0 radical (unpaired) electrons. The number of hydrogen-bond acceptors (Lipinski definition) is 5. The van der Waals surface area contributed by atoms with Crippen LogP contribution >= 0.6 is 11.6 Å². The first-order valence-corrected chi connectivity index (χ1v) is 10.8. The van der Waals surface area contributed by atoms with Gasteiger partial charge in [0, 0.05) is 18.7 Å². The number of fused-ring (bicyclic) bond motifs is 1. The number of nitrogens with zero attached hydrogens (tertiary/aromatic N) is 4. The van der Waals surface area contributed by atoms with Gasteiger partial charge in [-0.1, -0.05) is 24.4 Å². The van der Waals surface area contributed by atoms with E-state index in [0.29, 0.717) is 34.7 Å². The molecule has 0 aliphatic carbocycles. The summed E-state index contributed by atoms with van der Waals surface area (Å²) < 4.78 is 52.9. The summed E-state index contributed by atoms with van der Waals surface area (Å²) in [4.78, 5) is 18.9. The zero-order chi connectivity index (χ0) is 23.8. The average Bonchev–Trinajstić information content (AvgIpc) is 2.96. The second-order valence-corrected chi connectivity index (χ2v) is 8.08. The Bertz CT molecular complexity index is 1190. The molecule has 0 N–H and O–H groups in total. The Labute approximate surface area is 193 Å². The van der Waals surface area contributed by atoms with Crippen molar-refractivity contribution in [1.29, 1.82) is 0 Å². The molecule has 1 saturated heterocycles. The Morgan fingerprint density at radius 1 is 1.03 bits per heavy atom. The normalized spacial score (nSPS) is 14.9. The highest BCUT2D eigenvalue weighted by Gasteiger charge is 2.37. The van der Waals surface area contributed by atoms with Crippen molar-refractivity contribution in [2.45, 2.75) is 31.9 Å². The highest BCUT2D eigenvalue weighted by atomic mass is 35.5. The zero-order valence-corrected chi connectivity index (χ0v) is 18.8. The standard InChI is InChI=1S/C22H22ClF3N4O3/c1-32-15-8-7-13(11-16(15)33-2)14-12-17(22(24,25)26)30-20(27-14)18(23)19(28-30)21(31)29-9-5-3-4-6-10-29/h7-8,11-12H,3-6,9-10H2,1-2H3. The summed E-state index contributed by atoms with van der Waals surface area (Å²) >= 11 is 6.39. The van der Waals surface area contributed by atoms with Gasteiger partial charge in [-0.05, 0) is 37.1 Å². The van der Waals surface area contributed by atoms with Crippen molar-refractivity contribution in [2.24, 2.45) is 0 Å². The summed E-state index contributed by atoms with van der Waals surface area (Å²) in [5, 5.41) is 3.74. The van der Waals surface area contributed by atoms with Crippen LogP contribution in [0.4, 0.5) is 13.2 Å². The van der Waals surface area contributed by atoms with Gasteiger partial charge < -0.3 is 14.4 Å². The third-order valence-electron chi connectivity index (χ3n) is 5.60. The van der Waals surface area contributed by atoms with Gasteiger partial charge in [0.15, 0.2) is 28.5 Å². The van der Waals surface area contributed by atoms with E-state index in [2.05, 4.69) is 10.1 Å². The zero-order valence-electron chi connectivity index (χ0n) is 18.1. The minimum atomic E-state index is -4.76. The number of likely N-dealkylation sites (tertiary alicyclic amines) is 1. The van der Waals surface area contributed by atoms with Crippen LogP contribution in [-0.4, -0.2) is 52.7 Å². The summed E-state index contributed by atoms with van der Waals surface area (Å²) in [5.41, 5.74) is -1.20. The molecular weight excluding hydrogens is 461 g/mol. The summed E-state index contributed by atoms with van der Waals surface area (Å²) in [6.45, 7) is 1.03. The molecule has 0 saturated carbocycles. The lowest BCUT2D eigenvalue weighted by Gasteiger charge is -2.18.